The molecule has 1 aromatic heterocycles. The molecule has 0 radical (unpaired) electrons. The fraction of sp³-hybridized carbons (Fsp3) is 0.379. The van der Waals surface area contributed by atoms with E-state index in [9.17, 15) is 14.4 Å². The van der Waals surface area contributed by atoms with Crippen molar-refractivity contribution in [3.63, 3.8) is 0 Å². The Bertz CT molecular complexity index is 1210. The van der Waals surface area contributed by atoms with Crippen LogP contribution in [-0.2, 0) is 20.9 Å². The molecule has 194 valence electrons. The first kappa shape index (κ1) is 26.1. The third-order valence-electron chi connectivity index (χ3n) is 6.96. The Morgan fingerprint density at radius 3 is 2.62 bits per heavy atom. The number of nitrogens with zero attached hydrogens (tertiary/aromatic N) is 3. The number of nitrogens with one attached hydrogen (secondary N) is 1. The van der Waals surface area contributed by atoms with Gasteiger partial charge < -0.3 is 19.6 Å². The lowest BCUT2D eigenvalue weighted by molar-refractivity contribution is -0.147. The van der Waals surface area contributed by atoms with Crippen molar-refractivity contribution in [1.82, 2.24) is 20.3 Å². The zero-order valence-corrected chi connectivity index (χ0v) is 21.6. The van der Waals surface area contributed by atoms with Gasteiger partial charge in [-0.1, -0.05) is 68.1 Å². The van der Waals surface area contributed by atoms with Crippen molar-refractivity contribution in [1.29, 1.82) is 0 Å². The predicted octanol–water partition coefficient (Wildman–Crippen LogP) is 3.87. The Morgan fingerprint density at radius 2 is 2.00 bits per heavy atom. The number of carbonyl (C=O) groups excluding carboxylic acids is 3. The highest BCUT2D eigenvalue weighted by Crippen LogP contribution is 2.29. The van der Waals surface area contributed by atoms with Gasteiger partial charge in [0.05, 0.1) is 6.20 Å². The standard InChI is InChI=1S/C29H34N4O4/c1-5-8-23-21(6-2)18-33(28(23)35)26(19(3)4)29(36)32-16-7-9-24(32)27(34)30-17-20-10-12-22(13-11-20)25-14-15-31-37-25/h5-6,8,10-15,19,24,26H,2,7,9,16-18H2,1,3-4H3,(H,30,34)/b8-5-. The maximum absolute atomic E-state index is 13.8. The lowest BCUT2D eigenvalue weighted by Crippen LogP contribution is -2.55. The van der Waals surface area contributed by atoms with E-state index >= 15 is 0 Å². The molecule has 3 amide bonds. The molecule has 37 heavy (non-hydrogen) atoms. The van der Waals surface area contributed by atoms with E-state index in [-0.39, 0.29) is 23.6 Å². The summed E-state index contributed by atoms with van der Waals surface area (Å²) in [5, 5.41) is 6.71. The Kier molecular flexibility index (Phi) is 8.06. The molecule has 1 aromatic carbocycles. The summed E-state index contributed by atoms with van der Waals surface area (Å²) in [5.41, 5.74) is 3.23. The average molecular weight is 503 g/mol. The quantitative estimate of drug-likeness (QED) is 0.562. The number of likely N-dealkylation sites (tertiary alicyclic amines) is 1. The van der Waals surface area contributed by atoms with Crippen molar-refractivity contribution in [3.8, 4) is 11.3 Å². The van der Waals surface area contributed by atoms with E-state index in [0.717, 1.165) is 23.1 Å². The Labute approximate surface area is 217 Å². The second kappa shape index (κ2) is 11.4. The summed E-state index contributed by atoms with van der Waals surface area (Å²) in [4.78, 5) is 43.5. The summed E-state index contributed by atoms with van der Waals surface area (Å²) in [6.07, 6.45) is 8.20. The van der Waals surface area contributed by atoms with Crippen molar-refractivity contribution in [2.24, 2.45) is 5.92 Å². The number of aromatic nitrogens is 1. The molecule has 0 bridgehead atoms. The molecule has 1 N–H and O–H groups in total. The van der Waals surface area contributed by atoms with Gasteiger partial charge in [-0.15, -0.1) is 0 Å². The van der Waals surface area contributed by atoms with Gasteiger partial charge in [0.1, 0.15) is 12.1 Å². The van der Waals surface area contributed by atoms with Crippen LogP contribution in [0.15, 0.2) is 77.0 Å². The van der Waals surface area contributed by atoms with Crippen LogP contribution in [0.4, 0.5) is 0 Å². The van der Waals surface area contributed by atoms with E-state index in [4.69, 9.17) is 4.52 Å². The minimum atomic E-state index is -0.651. The first-order valence-electron chi connectivity index (χ1n) is 12.7. The van der Waals surface area contributed by atoms with Crippen LogP contribution in [0, 0.1) is 5.92 Å². The molecule has 1 saturated heterocycles. The van der Waals surface area contributed by atoms with Crippen LogP contribution in [0.3, 0.4) is 0 Å². The highest BCUT2D eigenvalue weighted by atomic mass is 16.5. The maximum Gasteiger partial charge on any atom is 0.255 e. The van der Waals surface area contributed by atoms with E-state index < -0.39 is 12.1 Å². The van der Waals surface area contributed by atoms with Crippen LogP contribution in [0.1, 0.15) is 39.2 Å². The van der Waals surface area contributed by atoms with Gasteiger partial charge in [0.15, 0.2) is 5.76 Å². The molecule has 1 fully saturated rings. The third kappa shape index (κ3) is 5.43. The minimum Gasteiger partial charge on any atom is -0.356 e. The number of amides is 3. The highest BCUT2D eigenvalue weighted by molar-refractivity contribution is 6.03. The molecule has 0 aliphatic carbocycles. The molecule has 2 aliphatic rings. The zero-order chi connectivity index (χ0) is 26.5. The van der Waals surface area contributed by atoms with Crippen molar-refractivity contribution in [3.05, 3.63) is 78.0 Å². The van der Waals surface area contributed by atoms with E-state index in [1.165, 1.54) is 0 Å². The van der Waals surface area contributed by atoms with Gasteiger partial charge in [0.25, 0.3) is 5.91 Å². The Hall–Kier alpha value is -3.94. The number of hydrogen-bond acceptors (Lipinski definition) is 5. The molecule has 4 rings (SSSR count). The van der Waals surface area contributed by atoms with Gasteiger partial charge in [0.2, 0.25) is 11.8 Å². The second-order valence-corrected chi connectivity index (χ2v) is 9.75. The molecule has 3 heterocycles. The average Bonchev–Trinajstić information content (AvgIpc) is 3.65. The van der Waals surface area contributed by atoms with Crippen LogP contribution in [0.25, 0.3) is 11.3 Å². The second-order valence-electron chi connectivity index (χ2n) is 9.75. The molecule has 8 nitrogen and oxygen atoms in total. The normalized spacial score (nSPS) is 18.8. The smallest absolute Gasteiger partial charge is 0.255 e. The molecule has 0 saturated carbocycles. The summed E-state index contributed by atoms with van der Waals surface area (Å²) < 4.78 is 5.18. The van der Waals surface area contributed by atoms with Crippen molar-refractivity contribution < 1.29 is 18.9 Å². The van der Waals surface area contributed by atoms with Gasteiger partial charge in [-0.25, -0.2) is 0 Å². The largest absolute Gasteiger partial charge is 0.356 e. The molecule has 2 unspecified atom stereocenters. The fourth-order valence-corrected chi connectivity index (χ4v) is 5.09. The maximum atomic E-state index is 13.8. The summed E-state index contributed by atoms with van der Waals surface area (Å²) in [6, 6.07) is 8.27. The Morgan fingerprint density at radius 1 is 1.24 bits per heavy atom. The molecular formula is C29H34N4O4. The number of carbonyl (C=O) groups is 3. The molecule has 2 atom stereocenters. The molecular weight excluding hydrogens is 468 g/mol. The van der Waals surface area contributed by atoms with Gasteiger partial charge in [-0.3, -0.25) is 14.4 Å². The van der Waals surface area contributed by atoms with Crippen LogP contribution < -0.4 is 5.32 Å². The topological polar surface area (TPSA) is 95.8 Å². The Balaban J connectivity index is 1.43. The van der Waals surface area contributed by atoms with Crippen LogP contribution >= 0.6 is 0 Å². The van der Waals surface area contributed by atoms with Crippen molar-refractivity contribution in [2.75, 3.05) is 13.1 Å². The lowest BCUT2D eigenvalue weighted by Gasteiger charge is -2.35. The molecule has 2 aromatic rings. The highest BCUT2D eigenvalue weighted by Gasteiger charge is 2.43. The third-order valence-corrected chi connectivity index (χ3v) is 6.96. The number of rotatable bonds is 9. The SMILES string of the molecule is C=CC1=C(/C=C\C)C(=O)N(C(C(=O)N2CCCC2C(=O)NCc2ccc(-c3ccno3)cc2)C(C)C)C1. The van der Waals surface area contributed by atoms with Crippen LogP contribution in [-0.4, -0.2) is 57.9 Å². The lowest BCUT2D eigenvalue weighted by atomic mass is 10.00. The van der Waals surface area contributed by atoms with Crippen molar-refractivity contribution >= 4 is 17.7 Å². The van der Waals surface area contributed by atoms with Gasteiger partial charge in [-0.2, -0.15) is 0 Å². The summed E-state index contributed by atoms with van der Waals surface area (Å²) in [5.74, 6) is 0.0382. The summed E-state index contributed by atoms with van der Waals surface area (Å²) in [7, 11) is 0. The first-order chi connectivity index (χ1) is 17.8. The first-order valence-corrected chi connectivity index (χ1v) is 12.7. The van der Waals surface area contributed by atoms with Crippen LogP contribution in [0.2, 0.25) is 0 Å². The molecule has 2 aliphatic heterocycles. The van der Waals surface area contributed by atoms with Gasteiger partial charge >= 0.3 is 0 Å². The molecule has 0 spiro atoms. The number of allylic oxidation sites excluding steroid dienone is 1. The summed E-state index contributed by atoms with van der Waals surface area (Å²) in [6.45, 7) is 10.8. The van der Waals surface area contributed by atoms with E-state index in [0.29, 0.717) is 37.4 Å². The van der Waals surface area contributed by atoms with Crippen molar-refractivity contribution in [2.45, 2.75) is 52.2 Å². The van der Waals surface area contributed by atoms with E-state index in [1.807, 2.05) is 51.1 Å². The molecule has 8 heteroatoms. The zero-order valence-electron chi connectivity index (χ0n) is 21.6. The predicted molar refractivity (Wildman–Crippen MR) is 141 cm³/mol. The number of hydrogen-bond donors (Lipinski definition) is 1. The van der Waals surface area contributed by atoms with Gasteiger partial charge in [0, 0.05) is 36.8 Å². The van der Waals surface area contributed by atoms with Crippen LogP contribution in [0.5, 0.6) is 0 Å². The van der Waals surface area contributed by atoms with E-state index in [1.54, 1.807) is 34.2 Å². The monoisotopic (exact) mass is 502 g/mol. The van der Waals surface area contributed by atoms with E-state index in [2.05, 4.69) is 17.1 Å². The fourth-order valence-electron chi connectivity index (χ4n) is 5.09. The summed E-state index contributed by atoms with van der Waals surface area (Å²) >= 11 is 0. The minimum absolute atomic E-state index is 0.111. The van der Waals surface area contributed by atoms with Gasteiger partial charge in [-0.05, 0) is 36.8 Å². The number of benzene rings is 1.